The van der Waals surface area contributed by atoms with Gasteiger partial charge in [0.1, 0.15) is 11.6 Å². The van der Waals surface area contributed by atoms with Crippen LogP contribution in [0.2, 0.25) is 0 Å². The maximum absolute atomic E-state index is 10.3. The second kappa shape index (κ2) is 7.23. The SMILES string of the molecule is CC(C)(C)[C@@H](O)CN1CCN(Cc2nc(N)c3ccccc3n2)CC1. The molecular formula is C19H29N5O. The molecule has 1 saturated heterocycles. The maximum Gasteiger partial charge on any atom is 0.145 e. The Hall–Kier alpha value is -1.76. The van der Waals surface area contributed by atoms with E-state index in [2.05, 4.69) is 40.5 Å². The van der Waals surface area contributed by atoms with Gasteiger partial charge in [0.2, 0.25) is 0 Å². The first-order chi connectivity index (χ1) is 11.8. The Morgan fingerprint density at radius 1 is 1.08 bits per heavy atom. The van der Waals surface area contributed by atoms with Crippen molar-refractivity contribution < 1.29 is 5.11 Å². The minimum atomic E-state index is -0.303. The molecule has 0 saturated carbocycles. The van der Waals surface area contributed by atoms with Gasteiger partial charge in [-0.05, 0) is 17.5 Å². The molecule has 136 valence electrons. The van der Waals surface area contributed by atoms with Crippen LogP contribution in [0.25, 0.3) is 10.9 Å². The summed E-state index contributed by atoms with van der Waals surface area (Å²) in [6.45, 7) is 11.5. The van der Waals surface area contributed by atoms with Gasteiger partial charge < -0.3 is 10.8 Å². The highest BCUT2D eigenvalue weighted by Gasteiger charge is 2.26. The molecule has 2 aromatic rings. The molecule has 0 aliphatic carbocycles. The van der Waals surface area contributed by atoms with Gasteiger partial charge in [0, 0.05) is 38.1 Å². The van der Waals surface area contributed by atoms with Crippen molar-refractivity contribution in [1.29, 1.82) is 0 Å². The first-order valence-electron chi connectivity index (χ1n) is 8.97. The number of nitrogens with two attached hydrogens (primary N) is 1. The Morgan fingerprint density at radius 3 is 2.40 bits per heavy atom. The van der Waals surface area contributed by atoms with Crippen molar-refractivity contribution in [3.8, 4) is 0 Å². The smallest absolute Gasteiger partial charge is 0.145 e. The highest BCUT2D eigenvalue weighted by Crippen LogP contribution is 2.21. The summed E-state index contributed by atoms with van der Waals surface area (Å²) >= 11 is 0. The average molecular weight is 343 g/mol. The monoisotopic (exact) mass is 343 g/mol. The van der Waals surface area contributed by atoms with Crippen LogP contribution in [-0.2, 0) is 6.54 Å². The Bertz CT molecular complexity index is 719. The van der Waals surface area contributed by atoms with E-state index in [0.717, 1.165) is 49.5 Å². The fraction of sp³-hybridized carbons (Fsp3) is 0.579. The molecule has 3 N–H and O–H groups in total. The van der Waals surface area contributed by atoms with Crippen LogP contribution < -0.4 is 5.73 Å². The predicted molar refractivity (Wildman–Crippen MR) is 101 cm³/mol. The number of piperazine rings is 1. The number of aromatic nitrogens is 2. The minimum absolute atomic E-state index is 0.0758. The topological polar surface area (TPSA) is 78.5 Å². The van der Waals surface area contributed by atoms with Crippen LogP contribution >= 0.6 is 0 Å². The molecule has 1 aliphatic heterocycles. The van der Waals surface area contributed by atoms with Crippen LogP contribution in [0.1, 0.15) is 26.6 Å². The molecule has 6 nitrogen and oxygen atoms in total. The van der Waals surface area contributed by atoms with E-state index in [1.807, 2.05) is 24.3 Å². The van der Waals surface area contributed by atoms with Crippen molar-refractivity contribution in [2.75, 3.05) is 38.5 Å². The lowest BCUT2D eigenvalue weighted by Crippen LogP contribution is -2.50. The summed E-state index contributed by atoms with van der Waals surface area (Å²) < 4.78 is 0. The van der Waals surface area contributed by atoms with Crippen LogP contribution in [-0.4, -0.2) is 63.7 Å². The second-order valence-electron chi connectivity index (χ2n) is 8.00. The number of hydrogen-bond donors (Lipinski definition) is 2. The van der Waals surface area contributed by atoms with E-state index in [0.29, 0.717) is 12.4 Å². The normalized spacial score (nSPS) is 18.6. The number of β-amino-alcohol motifs (C(OH)–C–C–N with tert-alkyl or cyclic N) is 1. The molecule has 0 amide bonds. The van der Waals surface area contributed by atoms with Gasteiger partial charge >= 0.3 is 0 Å². The van der Waals surface area contributed by atoms with Gasteiger partial charge in [-0.2, -0.15) is 0 Å². The minimum Gasteiger partial charge on any atom is -0.391 e. The highest BCUT2D eigenvalue weighted by atomic mass is 16.3. The maximum atomic E-state index is 10.3. The van der Waals surface area contributed by atoms with Crippen LogP contribution in [0.5, 0.6) is 0 Å². The van der Waals surface area contributed by atoms with Gasteiger partial charge in [0.05, 0.1) is 18.2 Å². The van der Waals surface area contributed by atoms with Crippen LogP contribution in [0.3, 0.4) is 0 Å². The van der Waals surface area contributed by atoms with Crippen molar-refractivity contribution >= 4 is 16.7 Å². The van der Waals surface area contributed by atoms with E-state index in [9.17, 15) is 5.11 Å². The summed E-state index contributed by atoms with van der Waals surface area (Å²) in [6, 6.07) is 7.85. The summed E-state index contributed by atoms with van der Waals surface area (Å²) in [5, 5.41) is 11.2. The Balaban J connectivity index is 1.57. The Labute approximate surface area is 149 Å². The molecule has 2 heterocycles. The van der Waals surface area contributed by atoms with E-state index in [-0.39, 0.29) is 11.5 Å². The first kappa shape index (κ1) is 18.0. The van der Waals surface area contributed by atoms with E-state index >= 15 is 0 Å². The summed E-state index contributed by atoms with van der Waals surface area (Å²) in [5.74, 6) is 1.33. The molecule has 25 heavy (non-hydrogen) atoms. The molecule has 6 heteroatoms. The van der Waals surface area contributed by atoms with Gasteiger partial charge in [-0.3, -0.25) is 9.80 Å². The van der Waals surface area contributed by atoms with E-state index in [1.165, 1.54) is 0 Å². The number of benzene rings is 1. The third-order valence-corrected chi connectivity index (χ3v) is 4.94. The van der Waals surface area contributed by atoms with E-state index in [1.54, 1.807) is 0 Å². The quantitative estimate of drug-likeness (QED) is 0.880. The zero-order valence-electron chi connectivity index (χ0n) is 15.4. The average Bonchev–Trinajstić information content (AvgIpc) is 2.56. The molecule has 1 atom stereocenters. The molecule has 1 aromatic carbocycles. The fourth-order valence-electron chi connectivity index (χ4n) is 3.07. The third-order valence-electron chi connectivity index (χ3n) is 4.94. The molecule has 0 spiro atoms. The molecule has 1 aliphatic rings. The molecular weight excluding hydrogens is 314 g/mol. The third kappa shape index (κ3) is 4.45. The molecule has 1 fully saturated rings. The number of nitrogen functional groups attached to an aromatic ring is 1. The number of nitrogens with zero attached hydrogens (tertiary/aromatic N) is 4. The summed E-state index contributed by atoms with van der Waals surface area (Å²) in [4.78, 5) is 13.8. The fourth-order valence-corrected chi connectivity index (χ4v) is 3.07. The number of fused-ring (bicyclic) bond motifs is 1. The summed E-state index contributed by atoms with van der Waals surface area (Å²) in [7, 11) is 0. The van der Waals surface area contributed by atoms with E-state index in [4.69, 9.17) is 5.73 Å². The first-order valence-corrected chi connectivity index (χ1v) is 8.97. The van der Waals surface area contributed by atoms with E-state index < -0.39 is 0 Å². The van der Waals surface area contributed by atoms with Gasteiger partial charge in [-0.25, -0.2) is 9.97 Å². The number of rotatable bonds is 4. The van der Waals surface area contributed by atoms with Crippen molar-refractivity contribution in [3.05, 3.63) is 30.1 Å². The van der Waals surface area contributed by atoms with Gasteiger partial charge in [-0.15, -0.1) is 0 Å². The number of aliphatic hydroxyl groups excluding tert-OH is 1. The van der Waals surface area contributed by atoms with Crippen LogP contribution in [0, 0.1) is 5.41 Å². The summed E-state index contributed by atoms with van der Waals surface area (Å²) in [6.07, 6.45) is -0.303. The van der Waals surface area contributed by atoms with Crippen LogP contribution in [0.4, 0.5) is 5.82 Å². The van der Waals surface area contributed by atoms with Crippen molar-refractivity contribution in [2.45, 2.75) is 33.4 Å². The largest absolute Gasteiger partial charge is 0.391 e. The Kier molecular flexibility index (Phi) is 5.22. The van der Waals surface area contributed by atoms with Gasteiger partial charge in [0.25, 0.3) is 0 Å². The number of anilines is 1. The molecule has 0 unspecified atom stereocenters. The molecule has 0 bridgehead atoms. The zero-order chi connectivity index (χ0) is 18.0. The molecule has 3 rings (SSSR count). The van der Waals surface area contributed by atoms with Crippen molar-refractivity contribution in [3.63, 3.8) is 0 Å². The zero-order valence-corrected chi connectivity index (χ0v) is 15.4. The highest BCUT2D eigenvalue weighted by molar-refractivity contribution is 5.87. The van der Waals surface area contributed by atoms with Gasteiger partial charge in [0.15, 0.2) is 0 Å². The van der Waals surface area contributed by atoms with Crippen molar-refractivity contribution in [1.82, 2.24) is 19.8 Å². The standard InChI is InChI=1S/C19H29N5O/c1-19(2,3)16(25)12-23-8-10-24(11-9-23)13-17-21-15-7-5-4-6-14(15)18(20)22-17/h4-7,16,25H,8-13H2,1-3H3,(H2,20,21,22)/t16-/m0/s1. The second-order valence-corrected chi connectivity index (χ2v) is 8.00. The number of para-hydroxylation sites is 1. The predicted octanol–water partition coefficient (Wildman–Crippen LogP) is 1.74. The lowest BCUT2D eigenvalue weighted by molar-refractivity contribution is 0.0123. The molecule has 1 aromatic heterocycles. The number of aliphatic hydroxyl groups is 1. The summed E-state index contributed by atoms with van der Waals surface area (Å²) in [5.41, 5.74) is 6.90. The van der Waals surface area contributed by atoms with Crippen LogP contribution in [0.15, 0.2) is 24.3 Å². The number of hydrogen-bond acceptors (Lipinski definition) is 6. The molecule has 0 radical (unpaired) electrons. The lowest BCUT2D eigenvalue weighted by atomic mass is 9.89. The Morgan fingerprint density at radius 2 is 1.72 bits per heavy atom. The van der Waals surface area contributed by atoms with Crippen molar-refractivity contribution in [2.24, 2.45) is 5.41 Å². The lowest BCUT2D eigenvalue weighted by Gasteiger charge is -2.37. The van der Waals surface area contributed by atoms with Gasteiger partial charge in [-0.1, -0.05) is 32.9 Å².